The Balaban J connectivity index is 2.31. The van der Waals surface area contributed by atoms with E-state index in [-0.39, 0.29) is 0 Å². The molecule has 4 heteroatoms. The van der Waals surface area contributed by atoms with Crippen molar-refractivity contribution in [1.29, 1.82) is 0 Å². The van der Waals surface area contributed by atoms with E-state index in [0.29, 0.717) is 0 Å². The van der Waals surface area contributed by atoms with E-state index in [2.05, 4.69) is 32.4 Å². The van der Waals surface area contributed by atoms with Crippen LogP contribution in [0.25, 0.3) is 22.2 Å². The largest absolute Gasteiger partial charge is 0.373 e. The van der Waals surface area contributed by atoms with Crippen molar-refractivity contribution in [2.45, 2.75) is 6.92 Å². The lowest BCUT2D eigenvalue weighted by atomic mass is 10.0. The van der Waals surface area contributed by atoms with Crippen molar-refractivity contribution in [2.75, 3.05) is 12.4 Å². The Morgan fingerprint density at radius 3 is 2.74 bits per heavy atom. The molecule has 4 nitrogen and oxygen atoms in total. The molecule has 1 aromatic carbocycles. The lowest BCUT2D eigenvalue weighted by Gasteiger charge is -2.10. The monoisotopic (exact) mass is 250 g/mol. The third kappa shape index (κ3) is 1.91. The normalized spacial score (nSPS) is 10.6. The number of nitrogens with zero attached hydrogens (tertiary/aromatic N) is 3. The molecule has 19 heavy (non-hydrogen) atoms. The summed E-state index contributed by atoms with van der Waals surface area (Å²) < 4.78 is 0. The molecule has 0 saturated heterocycles. The van der Waals surface area contributed by atoms with Gasteiger partial charge in [0.2, 0.25) is 0 Å². The molecule has 3 rings (SSSR count). The number of nitrogens with one attached hydrogen (secondary N) is 1. The Morgan fingerprint density at radius 1 is 1.00 bits per heavy atom. The molecule has 3 aromatic rings. The first-order valence-corrected chi connectivity index (χ1v) is 6.14. The SMILES string of the molecule is CNc1ncnc(-c2cccc3ncccc23)c1C. The Hall–Kier alpha value is -2.49. The maximum atomic E-state index is 4.43. The number of fused-ring (bicyclic) bond motifs is 1. The highest BCUT2D eigenvalue weighted by Crippen LogP contribution is 2.30. The summed E-state index contributed by atoms with van der Waals surface area (Å²) in [6.07, 6.45) is 3.39. The first-order valence-electron chi connectivity index (χ1n) is 6.14. The van der Waals surface area contributed by atoms with Crippen molar-refractivity contribution >= 4 is 16.7 Å². The van der Waals surface area contributed by atoms with Crippen molar-refractivity contribution < 1.29 is 0 Å². The predicted octanol–water partition coefficient (Wildman–Crippen LogP) is 3.04. The second kappa shape index (κ2) is 4.65. The van der Waals surface area contributed by atoms with Crippen LogP contribution in [0.15, 0.2) is 42.9 Å². The Bertz CT molecular complexity index is 732. The number of hydrogen-bond acceptors (Lipinski definition) is 4. The molecule has 0 aliphatic rings. The minimum absolute atomic E-state index is 0.853. The van der Waals surface area contributed by atoms with E-state index in [9.17, 15) is 0 Å². The molecular weight excluding hydrogens is 236 g/mol. The Morgan fingerprint density at radius 2 is 1.89 bits per heavy atom. The first-order chi connectivity index (χ1) is 9.31. The van der Waals surface area contributed by atoms with Gasteiger partial charge in [-0.25, -0.2) is 9.97 Å². The molecule has 2 aromatic heterocycles. The van der Waals surface area contributed by atoms with Crippen molar-refractivity contribution in [3.05, 3.63) is 48.4 Å². The van der Waals surface area contributed by atoms with Gasteiger partial charge in [0, 0.05) is 29.8 Å². The summed E-state index contributed by atoms with van der Waals surface area (Å²) in [4.78, 5) is 13.0. The van der Waals surface area contributed by atoms with E-state index >= 15 is 0 Å². The Kier molecular flexibility index (Phi) is 2.83. The molecular formula is C15H14N4. The first kappa shape index (κ1) is 11.6. The van der Waals surface area contributed by atoms with E-state index in [0.717, 1.165) is 33.5 Å². The average Bonchev–Trinajstić information content (AvgIpc) is 2.47. The fourth-order valence-corrected chi connectivity index (χ4v) is 2.28. The molecule has 0 bridgehead atoms. The van der Waals surface area contributed by atoms with Gasteiger partial charge in [0.15, 0.2) is 0 Å². The maximum Gasteiger partial charge on any atom is 0.132 e. The van der Waals surface area contributed by atoms with Gasteiger partial charge < -0.3 is 5.32 Å². The van der Waals surface area contributed by atoms with E-state index in [1.165, 1.54) is 0 Å². The lowest BCUT2D eigenvalue weighted by Crippen LogP contribution is -1.99. The summed E-state index contributed by atoms with van der Waals surface area (Å²) in [6, 6.07) is 10.1. The molecule has 0 radical (unpaired) electrons. The van der Waals surface area contributed by atoms with Gasteiger partial charge in [-0.2, -0.15) is 0 Å². The van der Waals surface area contributed by atoms with Crippen LogP contribution in [0.2, 0.25) is 0 Å². The standard InChI is InChI=1S/C15H14N4/c1-10-14(18-9-19-15(10)16-2)12-5-3-7-13-11(12)6-4-8-17-13/h3-9H,1-2H3,(H,16,18,19). The van der Waals surface area contributed by atoms with Crippen LogP contribution >= 0.6 is 0 Å². The van der Waals surface area contributed by atoms with Gasteiger partial charge in [0.05, 0.1) is 11.2 Å². The van der Waals surface area contributed by atoms with Crippen molar-refractivity contribution in [3.63, 3.8) is 0 Å². The summed E-state index contributed by atoms with van der Waals surface area (Å²) in [5.41, 5.74) is 4.05. The highest BCUT2D eigenvalue weighted by molar-refractivity contribution is 5.94. The van der Waals surface area contributed by atoms with Crippen LogP contribution in [0, 0.1) is 6.92 Å². The molecule has 0 unspecified atom stereocenters. The Labute approximate surface area is 111 Å². The molecule has 0 saturated carbocycles. The molecule has 0 aliphatic heterocycles. The van der Waals surface area contributed by atoms with E-state index in [1.54, 1.807) is 12.5 Å². The third-order valence-corrected chi connectivity index (χ3v) is 3.22. The van der Waals surface area contributed by atoms with E-state index in [1.807, 2.05) is 32.2 Å². The third-order valence-electron chi connectivity index (χ3n) is 3.22. The van der Waals surface area contributed by atoms with Crippen molar-refractivity contribution in [2.24, 2.45) is 0 Å². The van der Waals surface area contributed by atoms with Crippen LogP contribution in [0.4, 0.5) is 5.82 Å². The summed E-state index contributed by atoms with van der Waals surface area (Å²) in [7, 11) is 1.86. The maximum absolute atomic E-state index is 4.43. The zero-order valence-corrected chi connectivity index (χ0v) is 10.9. The summed E-state index contributed by atoms with van der Waals surface area (Å²) >= 11 is 0. The minimum Gasteiger partial charge on any atom is -0.373 e. The molecule has 2 heterocycles. The number of pyridine rings is 1. The van der Waals surface area contributed by atoms with Crippen molar-refractivity contribution in [3.8, 4) is 11.3 Å². The van der Waals surface area contributed by atoms with Crippen LogP contribution in [0.5, 0.6) is 0 Å². The fourth-order valence-electron chi connectivity index (χ4n) is 2.28. The zero-order chi connectivity index (χ0) is 13.2. The smallest absolute Gasteiger partial charge is 0.132 e. The number of anilines is 1. The number of rotatable bonds is 2. The van der Waals surface area contributed by atoms with Gasteiger partial charge in [0.1, 0.15) is 12.1 Å². The zero-order valence-electron chi connectivity index (χ0n) is 10.9. The minimum atomic E-state index is 0.853. The van der Waals surface area contributed by atoms with Gasteiger partial charge in [-0.05, 0) is 19.1 Å². The summed E-state index contributed by atoms with van der Waals surface area (Å²) in [5.74, 6) is 0.853. The molecule has 0 spiro atoms. The van der Waals surface area contributed by atoms with Crippen LogP contribution < -0.4 is 5.32 Å². The van der Waals surface area contributed by atoms with Gasteiger partial charge in [-0.15, -0.1) is 0 Å². The van der Waals surface area contributed by atoms with Crippen LogP contribution in [-0.2, 0) is 0 Å². The van der Waals surface area contributed by atoms with Crippen LogP contribution in [-0.4, -0.2) is 22.0 Å². The fraction of sp³-hybridized carbons (Fsp3) is 0.133. The summed E-state index contributed by atoms with van der Waals surface area (Å²) in [6.45, 7) is 2.02. The molecule has 94 valence electrons. The molecule has 0 aliphatic carbocycles. The summed E-state index contributed by atoms with van der Waals surface area (Å²) in [5, 5.41) is 4.19. The lowest BCUT2D eigenvalue weighted by molar-refractivity contribution is 1.13. The van der Waals surface area contributed by atoms with Gasteiger partial charge in [-0.3, -0.25) is 4.98 Å². The number of aromatic nitrogens is 3. The van der Waals surface area contributed by atoms with Gasteiger partial charge in [0.25, 0.3) is 0 Å². The molecule has 0 atom stereocenters. The van der Waals surface area contributed by atoms with E-state index < -0.39 is 0 Å². The van der Waals surface area contributed by atoms with Crippen LogP contribution in [0.1, 0.15) is 5.56 Å². The van der Waals surface area contributed by atoms with Crippen LogP contribution in [0.3, 0.4) is 0 Å². The second-order valence-electron chi connectivity index (χ2n) is 4.32. The van der Waals surface area contributed by atoms with E-state index in [4.69, 9.17) is 0 Å². The average molecular weight is 250 g/mol. The highest BCUT2D eigenvalue weighted by atomic mass is 15.0. The number of hydrogen-bond donors (Lipinski definition) is 1. The quantitative estimate of drug-likeness (QED) is 0.759. The molecule has 0 fully saturated rings. The molecule has 1 N–H and O–H groups in total. The molecule has 0 amide bonds. The van der Waals surface area contributed by atoms with Crippen molar-refractivity contribution in [1.82, 2.24) is 15.0 Å². The second-order valence-corrected chi connectivity index (χ2v) is 4.32. The topological polar surface area (TPSA) is 50.7 Å². The number of benzene rings is 1. The van der Waals surface area contributed by atoms with Gasteiger partial charge >= 0.3 is 0 Å². The predicted molar refractivity (Wildman–Crippen MR) is 77.1 cm³/mol. The van der Waals surface area contributed by atoms with Gasteiger partial charge in [-0.1, -0.05) is 18.2 Å². The highest BCUT2D eigenvalue weighted by Gasteiger charge is 2.11.